The number of hydrogen-bond donors (Lipinski definition) is 0. The summed E-state index contributed by atoms with van der Waals surface area (Å²) in [7, 11) is 0. The van der Waals surface area contributed by atoms with Crippen molar-refractivity contribution in [2.24, 2.45) is 0 Å². The predicted molar refractivity (Wildman–Crippen MR) is 90.2 cm³/mol. The van der Waals surface area contributed by atoms with Gasteiger partial charge in [-0.3, -0.25) is 4.90 Å². The van der Waals surface area contributed by atoms with Gasteiger partial charge in [0.1, 0.15) is 11.6 Å². The van der Waals surface area contributed by atoms with Gasteiger partial charge in [-0.05, 0) is 45.7 Å². The number of esters is 1. The third-order valence-corrected chi connectivity index (χ3v) is 3.45. The second-order valence-corrected chi connectivity index (χ2v) is 6.61. The quantitative estimate of drug-likeness (QED) is 0.618. The maximum atomic E-state index is 12.2. The summed E-state index contributed by atoms with van der Waals surface area (Å²) in [6.07, 6.45) is 0.871. The van der Waals surface area contributed by atoms with Gasteiger partial charge >= 0.3 is 12.1 Å². The van der Waals surface area contributed by atoms with Gasteiger partial charge in [0, 0.05) is 12.1 Å². The molecule has 1 atom stereocenters. The minimum atomic E-state index is -0.588. The number of likely N-dealkylation sites (tertiary alicyclic amines) is 1. The summed E-state index contributed by atoms with van der Waals surface area (Å²) in [4.78, 5) is 25.8. The smallest absolute Gasteiger partial charge is 0.411 e. The Morgan fingerprint density at radius 2 is 1.96 bits per heavy atom. The van der Waals surface area contributed by atoms with E-state index >= 15 is 0 Å². The number of amides is 1. The van der Waals surface area contributed by atoms with Gasteiger partial charge in [-0.15, -0.1) is 0 Å². The summed E-state index contributed by atoms with van der Waals surface area (Å²) < 4.78 is 10.5. The SMILES string of the molecule is CC(C)(C)OC(=O)N1CCCC1C(=O)OCC#Cc1ccccc1. The highest BCUT2D eigenvalue weighted by Crippen LogP contribution is 2.21. The number of hydrogen-bond acceptors (Lipinski definition) is 4. The van der Waals surface area contributed by atoms with Crippen LogP contribution in [0.3, 0.4) is 0 Å². The van der Waals surface area contributed by atoms with Gasteiger partial charge < -0.3 is 9.47 Å². The molecule has 5 heteroatoms. The number of carbonyl (C=O) groups is 2. The van der Waals surface area contributed by atoms with E-state index < -0.39 is 23.7 Å². The van der Waals surface area contributed by atoms with Crippen LogP contribution in [0.5, 0.6) is 0 Å². The fraction of sp³-hybridized carbons (Fsp3) is 0.474. The average molecular weight is 329 g/mol. The Kier molecular flexibility index (Phi) is 5.86. The summed E-state index contributed by atoms with van der Waals surface area (Å²) in [5, 5.41) is 0. The molecule has 1 aromatic rings. The molecule has 1 saturated heterocycles. The van der Waals surface area contributed by atoms with Crippen molar-refractivity contribution in [2.45, 2.75) is 45.3 Å². The Balaban J connectivity index is 1.87. The van der Waals surface area contributed by atoms with E-state index in [1.807, 2.05) is 30.3 Å². The van der Waals surface area contributed by atoms with Gasteiger partial charge in [0.25, 0.3) is 0 Å². The number of benzene rings is 1. The molecule has 1 aliphatic heterocycles. The molecule has 0 N–H and O–H groups in total. The van der Waals surface area contributed by atoms with Crippen LogP contribution in [0, 0.1) is 11.8 Å². The first-order chi connectivity index (χ1) is 11.4. The molecule has 1 unspecified atom stereocenters. The molecule has 1 aromatic carbocycles. The van der Waals surface area contributed by atoms with E-state index in [2.05, 4.69) is 11.8 Å². The predicted octanol–water partition coefficient (Wildman–Crippen LogP) is 2.98. The Hall–Kier alpha value is -2.48. The zero-order valence-electron chi connectivity index (χ0n) is 14.4. The lowest BCUT2D eigenvalue weighted by Gasteiger charge is -2.27. The molecule has 1 heterocycles. The highest BCUT2D eigenvalue weighted by atomic mass is 16.6. The maximum Gasteiger partial charge on any atom is 0.411 e. The minimum absolute atomic E-state index is 0.00634. The van der Waals surface area contributed by atoms with Crippen molar-refractivity contribution >= 4 is 12.1 Å². The molecule has 1 aliphatic rings. The second-order valence-electron chi connectivity index (χ2n) is 6.61. The highest BCUT2D eigenvalue weighted by Gasteiger charge is 2.37. The summed E-state index contributed by atoms with van der Waals surface area (Å²) in [5.74, 6) is 5.30. The average Bonchev–Trinajstić information content (AvgIpc) is 3.00. The van der Waals surface area contributed by atoms with Gasteiger partial charge in [-0.1, -0.05) is 30.0 Å². The standard InChI is InChI=1S/C19H23NO4/c1-19(2,3)24-18(22)20-13-7-12-16(20)17(21)23-14-8-11-15-9-5-4-6-10-15/h4-6,9-10,16H,7,12-14H2,1-3H3. The lowest BCUT2D eigenvalue weighted by molar-refractivity contribution is -0.147. The van der Waals surface area contributed by atoms with Crippen LogP contribution in [0.15, 0.2) is 30.3 Å². The summed E-state index contributed by atoms with van der Waals surface area (Å²) in [6.45, 7) is 5.91. The molecule has 0 radical (unpaired) electrons. The van der Waals surface area contributed by atoms with E-state index in [0.29, 0.717) is 13.0 Å². The molecule has 2 rings (SSSR count). The number of nitrogens with zero attached hydrogens (tertiary/aromatic N) is 1. The number of rotatable bonds is 2. The molecule has 0 aliphatic carbocycles. The first kappa shape index (κ1) is 17.9. The highest BCUT2D eigenvalue weighted by molar-refractivity contribution is 5.82. The van der Waals surface area contributed by atoms with E-state index in [-0.39, 0.29) is 6.61 Å². The summed E-state index contributed by atoms with van der Waals surface area (Å²) >= 11 is 0. The largest absolute Gasteiger partial charge is 0.451 e. The van der Waals surface area contributed by atoms with Crippen LogP contribution >= 0.6 is 0 Å². The van der Waals surface area contributed by atoms with E-state index in [4.69, 9.17) is 9.47 Å². The molecule has 128 valence electrons. The van der Waals surface area contributed by atoms with Crippen LogP contribution in [-0.4, -0.2) is 41.8 Å². The normalized spacial score (nSPS) is 17.0. The van der Waals surface area contributed by atoms with Crippen molar-refractivity contribution in [2.75, 3.05) is 13.2 Å². The topological polar surface area (TPSA) is 55.8 Å². The van der Waals surface area contributed by atoms with E-state index in [1.165, 1.54) is 4.90 Å². The third kappa shape index (κ3) is 5.31. The lowest BCUT2D eigenvalue weighted by Crippen LogP contribution is -2.44. The first-order valence-corrected chi connectivity index (χ1v) is 8.07. The molecular weight excluding hydrogens is 306 g/mol. The summed E-state index contributed by atoms with van der Waals surface area (Å²) in [5.41, 5.74) is 0.278. The minimum Gasteiger partial charge on any atom is -0.451 e. The monoisotopic (exact) mass is 329 g/mol. The van der Waals surface area contributed by atoms with Crippen molar-refractivity contribution in [1.29, 1.82) is 0 Å². The zero-order valence-corrected chi connectivity index (χ0v) is 14.4. The number of ether oxygens (including phenoxy) is 2. The van der Waals surface area contributed by atoms with Crippen molar-refractivity contribution in [1.82, 2.24) is 4.90 Å². The lowest BCUT2D eigenvalue weighted by atomic mass is 10.2. The molecule has 0 aromatic heterocycles. The Morgan fingerprint density at radius 3 is 2.62 bits per heavy atom. The molecule has 0 spiro atoms. The third-order valence-electron chi connectivity index (χ3n) is 3.45. The van der Waals surface area contributed by atoms with E-state index in [0.717, 1.165) is 12.0 Å². The maximum absolute atomic E-state index is 12.2. The van der Waals surface area contributed by atoms with Crippen molar-refractivity contribution in [3.8, 4) is 11.8 Å². The van der Waals surface area contributed by atoms with Crippen LogP contribution in [0.4, 0.5) is 4.79 Å². The van der Waals surface area contributed by atoms with Crippen molar-refractivity contribution < 1.29 is 19.1 Å². The second kappa shape index (κ2) is 7.87. The van der Waals surface area contributed by atoms with Crippen LogP contribution in [0.25, 0.3) is 0 Å². The van der Waals surface area contributed by atoms with E-state index in [9.17, 15) is 9.59 Å². The molecule has 1 fully saturated rings. The van der Waals surface area contributed by atoms with Gasteiger partial charge in [-0.25, -0.2) is 9.59 Å². The molecule has 0 bridgehead atoms. The zero-order chi connectivity index (χ0) is 17.6. The van der Waals surface area contributed by atoms with Gasteiger partial charge in [0.05, 0.1) is 0 Å². The van der Waals surface area contributed by atoms with Crippen molar-refractivity contribution in [3.63, 3.8) is 0 Å². The fourth-order valence-electron chi connectivity index (χ4n) is 2.41. The molecule has 1 amide bonds. The van der Waals surface area contributed by atoms with Crippen LogP contribution < -0.4 is 0 Å². The summed E-state index contributed by atoms with van der Waals surface area (Å²) in [6, 6.07) is 8.89. The molecule has 5 nitrogen and oxygen atoms in total. The number of carbonyl (C=O) groups excluding carboxylic acids is 2. The van der Waals surface area contributed by atoms with Gasteiger partial charge in [0.15, 0.2) is 6.61 Å². The Labute approximate surface area is 142 Å². The van der Waals surface area contributed by atoms with Crippen LogP contribution in [-0.2, 0) is 14.3 Å². The first-order valence-electron chi connectivity index (χ1n) is 8.07. The Bertz CT molecular complexity index is 637. The van der Waals surface area contributed by atoms with Crippen LogP contribution in [0.1, 0.15) is 39.2 Å². The molecular formula is C19H23NO4. The van der Waals surface area contributed by atoms with Gasteiger partial charge in [-0.2, -0.15) is 0 Å². The Morgan fingerprint density at radius 1 is 1.25 bits per heavy atom. The molecule has 0 saturated carbocycles. The molecule has 24 heavy (non-hydrogen) atoms. The van der Waals surface area contributed by atoms with Crippen LogP contribution in [0.2, 0.25) is 0 Å². The van der Waals surface area contributed by atoms with Crippen molar-refractivity contribution in [3.05, 3.63) is 35.9 Å². The fourth-order valence-corrected chi connectivity index (χ4v) is 2.41. The van der Waals surface area contributed by atoms with E-state index in [1.54, 1.807) is 20.8 Å². The van der Waals surface area contributed by atoms with Gasteiger partial charge in [0.2, 0.25) is 0 Å².